The van der Waals surface area contributed by atoms with Crippen LogP contribution < -0.4 is 5.32 Å². The minimum atomic E-state index is -0.00944. The number of aliphatic hydroxyl groups excluding tert-OH is 1. The molecule has 0 aromatic heterocycles. The summed E-state index contributed by atoms with van der Waals surface area (Å²) in [6.07, 6.45) is 0.902. The van der Waals surface area contributed by atoms with E-state index >= 15 is 0 Å². The summed E-state index contributed by atoms with van der Waals surface area (Å²) in [7, 11) is 0. The molecule has 0 aliphatic heterocycles. The number of aryl methyl sites for hydroxylation is 1. The van der Waals surface area contributed by atoms with E-state index in [1.807, 2.05) is 38.1 Å². The first-order valence-corrected chi connectivity index (χ1v) is 5.61. The quantitative estimate of drug-likeness (QED) is 0.798. The summed E-state index contributed by atoms with van der Waals surface area (Å²) in [6.45, 7) is 4.07. The van der Waals surface area contributed by atoms with Gasteiger partial charge >= 0.3 is 0 Å². The Balaban J connectivity index is 2.55. The average molecular weight is 221 g/mol. The van der Waals surface area contributed by atoms with Crippen LogP contribution >= 0.6 is 0 Å². The smallest absolute Gasteiger partial charge is 0.220 e. The van der Waals surface area contributed by atoms with Gasteiger partial charge in [-0.2, -0.15) is 0 Å². The van der Waals surface area contributed by atoms with Crippen LogP contribution in [0.3, 0.4) is 0 Å². The summed E-state index contributed by atoms with van der Waals surface area (Å²) >= 11 is 0. The Hall–Kier alpha value is -1.35. The van der Waals surface area contributed by atoms with Gasteiger partial charge in [0.25, 0.3) is 0 Å². The largest absolute Gasteiger partial charge is 0.396 e. The van der Waals surface area contributed by atoms with E-state index in [9.17, 15) is 4.79 Å². The molecule has 0 saturated carbocycles. The maximum Gasteiger partial charge on any atom is 0.220 e. The van der Waals surface area contributed by atoms with Gasteiger partial charge < -0.3 is 10.4 Å². The third-order valence-corrected chi connectivity index (χ3v) is 2.59. The normalized spacial score (nSPS) is 12.2. The topological polar surface area (TPSA) is 49.3 Å². The summed E-state index contributed by atoms with van der Waals surface area (Å²) in [5.41, 5.74) is 2.32. The molecular weight excluding hydrogens is 202 g/mol. The summed E-state index contributed by atoms with van der Waals surface area (Å²) in [6, 6.07) is 8.03. The maximum atomic E-state index is 11.5. The lowest BCUT2D eigenvalue weighted by molar-refractivity contribution is -0.122. The molecule has 0 aliphatic carbocycles. The third-order valence-electron chi connectivity index (χ3n) is 2.59. The van der Waals surface area contributed by atoms with Crippen LogP contribution in [-0.2, 0) is 4.79 Å². The third kappa shape index (κ3) is 3.66. The van der Waals surface area contributed by atoms with Gasteiger partial charge in [-0.25, -0.2) is 0 Å². The number of amides is 1. The molecule has 0 radical (unpaired) electrons. The van der Waals surface area contributed by atoms with E-state index in [1.165, 1.54) is 5.56 Å². The molecule has 1 aromatic carbocycles. The zero-order valence-electron chi connectivity index (χ0n) is 9.86. The highest BCUT2D eigenvalue weighted by Crippen LogP contribution is 2.16. The lowest BCUT2D eigenvalue weighted by atomic mass is 10.0. The molecule has 1 rings (SSSR count). The van der Waals surface area contributed by atoms with Crippen molar-refractivity contribution >= 4 is 5.91 Å². The number of hydrogen-bond donors (Lipinski definition) is 2. The predicted octanol–water partition coefficient (Wildman–Crippen LogP) is 1.94. The molecule has 0 bridgehead atoms. The molecule has 0 aliphatic rings. The van der Waals surface area contributed by atoms with Crippen molar-refractivity contribution in [2.24, 2.45) is 0 Å². The molecule has 1 aromatic rings. The van der Waals surface area contributed by atoms with E-state index < -0.39 is 0 Å². The number of carbonyl (C=O) groups excluding carboxylic acids is 1. The molecule has 16 heavy (non-hydrogen) atoms. The monoisotopic (exact) mass is 221 g/mol. The average Bonchev–Trinajstić information content (AvgIpc) is 2.26. The van der Waals surface area contributed by atoms with Crippen molar-refractivity contribution in [2.45, 2.75) is 32.7 Å². The van der Waals surface area contributed by atoms with E-state index in [0.29, 0.717) is 12.8 Å². The minimum Gasteiger partial charge on any atom is -0.396 e. The van der Waals surface area contributed by atoms with Crippen LogP contribution in [0.4, 0.5) is 0 Å². The lowest BCUT2D eigenvalue weighted by Gasteiger charge is -2.16. The van der Waals surface area contributed by atoms with Crippen LogP contribution in [0.1, 0.15) is 36.9 Å². The maximum absolute atomic E-state index is 11.5. The Morgan fingerprint density at radius 3 is 2.75 bits per heavy atom. The summed E-state index contributed by atoms with van der Waals surface area (Å²) in [4.78, 5) is 11.5. The fourth-order valence-electron chi connectivity index (χ4n) is 1.70. The van der Waals surface area contributed by atoms with Crippen molar-refractivity contribution in [3.63, 3.8) is 0 Å². The van der Waals surface area contributed by atoms with Crippen LogP contribution in [0, 0.1) is 6.92 Å². The lowest BCUT2D eigenvalue weighted by Crippen LogP contribution is -2.26. The number of hydrogen-bond acceptors (Lipinski definition) is 2. The Morgan fingerprint density at radius 1 is 1.44 bits per heavy atom. The van der Waals surface area contributed by atoms with Gasteiger partial charge in [0.2, 0.25) is 5.91 Å². The van der Waals surface area contributed by atoms with Gasteiger partial charge in [-0.1, -0.05) is 24.3 Å². The van der Waals surface area contributed by atoms with Gasteiger partial charge in [-0.3, -0.25) is 4.79 Å². The molecule has 88 valence electrons. The second kappa shape index (κ2) is 6.28. The van der Waals surface area contributed by atoms with Crippen molar-refractivity contribution in [2.75, 3.05) is 6.61 Å². The fourth-order valence-corrected chi connectivity index (χ4v) is 1.70. The van der Waals surface area contributed by atoms with E-state index in [2.05, 4.69) is 5.32 Å². The van der Waals surface area contributed by atoms with Crippen LogP contribution in [0.5, 0.6) is 0 Å². The van der Waals surface area contributed by atoms with Crippen molar-refractivity contribution in [1.29, 1.82) is 0 Å². The van der Waals surface area contributed by atoms with Crippen LogP contribution in [0.25, 0.3) is 0 Å². The molecular formula is C13H19NO2. The van der Waals surface area contributed by atoms with Crippen LogP contribution in [0.15, 0.2) is 24.3 Å². The van der Waals surface area contributed by atoms with Gasteiger partial charge in [0.1, 0.15) is 0 Å². The molecule has 0 unspecified atom stereocenters. The molecule has 3 nitrogen and oxygen atoms in total. The molecule has 1 amide bonds. The first-order valence-electron chi connectivity index (χ1n) is 5.61. The summed E-state index contributed by atoms with van der Waals surface area (Å²) in [5, 5.41) is 11.6. The van der Waals surface area contributed by atoms with Crippen molar-refractivity contribution in [3.05, 3.63) is 35.4 Å². The van der Waals surface area contributed by atoms with E-state index in [4.69, 9.17) is 5.11 Å². The molecule has 0 spiro atoms. The Morgan fingerprint density at radius 2 is 2.12 bits per heavy atom. The molecule has 1 atom stereocenters. The zero-order valence-corrected chi connectivity index (χ0v) is 9.86. The summed E-state index contributed by atoms with van der Waals surface area (Å²) in [5.74, 6) is -0.00944. The molecule has 0 saturated heterocycles. The van der Waals surface area contributed by atoms with E-state index in [1.54, 1.807) is 0 Å². The zero-order chi connectivity index (χ0) is 12.0. The first kappa shape index (κ1) is 12.7. The fraction of sp³-hybridized carbons (Fsp3) is 0.462. The van der Waals surface area contributed by atoms with Gasteiger partial charge in [-0.05, 0) is 31.4 Å². The minimum absolute atomic E-state index is 0.00944. The highest BCUT2D eigenvalue weighted by atomic mass is 16.3. The molecule has 3 heteroatoms. The Kier molecular flexibility index (Phi) is 4.99. The Labute approximate surface area is 96.5 Å². The van der Waals surface area contributed by atoms with Crippen molar-refractivity contribution in [3.8, 4) is 0 Å². The van der Waals surface area contributed by atoms with E-state index in [0.717, 1.165) is 5.56 Å². The van der Waals surface area contributed by atoms with Gasteiger partial charge in [0, 0.05) is 13.0 Å². The number of nitrogens with one attached hydrogen (secondary N) is 1. The molecule has 2 N–H and O–H groups in total. The van der Waals surface area contributed by atoms with Gasteiger partial charge in [0.15, 0.2) is 0 Å². The number of aliphatic hydroxyl groups is 1. The number of rotatable bonds is 5. The van der Waals surface area contributed by atoms with Gasteiger partial charge in [0.05, 0.1) is 6.04 Å². The van der Waals surface area contributed by atoms with Crippen molar-refractivity contribution < 1.29 is 9.90 Å². The van der Waals surface area contributed by atoms with Crippen molar-refractivity contribution in [1.82, 2.24) is 5.32 Å². The standard InChI is InChI=1S/C13H19NO2/c1-10-6-3-4-7-12(10)11(2)14-13(16)8-5-9-15/h3-4,6-7,11,15H,5,8-9H2,1-2H3,(H,14,16)/t11-/m1/s1. The highest BCUT2D eigenvalue weighted by Gasteiger charge is 2.10. The second-order valence-electron chi connectivity index (χ2n) is 3.97. The number of carbonyl (C=O) groups is 1. The predicted molar refractivity (Wildman–Crippen MR) is 64.1 cm³/mol. The highest BCUT2D eigenvalue weighted by molar-refractivity contribution is 5.76. The van der Waals surface area contributed by atoms with Crippen LogP contribution in [0.2, 0.25) is 0 Å². The van der Waals surface area contributed by atoms with Gasteiger partial charge in [-0.15, -0.1) is 0 Å². The van der Waals surface area contributed by atoms with E-state index in [-0.39, 0.29) is 18.6 Å². The molecule has 0 heterocycles. The summed E-state index contributed by atoms with van der Waals surface area (Å²) < 4.78 is 0. The Bertz CT molecular complexity index is 350. The SMILES string of the molecule is Cc1ccccc1[C@@H](C)NC(=O)CCCO. The number of benzene rings is 1. The van der Waals surface area contributed by atoms with Crippen LogP contribution in [-0.4, -0.2) is 17.6 Å². The second-order valence-corrected chi connectivity index (χ2v) is 3.97. The first-order chi connectivity index (χ1) is 7.65. The molecule has 0 fully saturated rings.